The van der Waals surface area contributed by atoms with Gasteiger partial charge in [-0.25, -0.2) is 18.2 Å². The maximum absolute atomic E-state index is 13.9. The number of H-pyrrole nitrogens is 1. The van der Waals surface area contributed by atoms with Gasteiger partial charge in [-0.15, -0.1) is 0 Å². The molecule has 0 spiro atoms. The number of anilines is 1. The van der Waals surface area contributed by atoms with E-state index in [1.807, 2.05) is 0 Å². The number of sulfonamides is 1. The van der Waals surface area contributed by atoms with Crippen LogP contribution in [0.15, 0.2) is 48.8 Å². The molecule has 1 saturated heterocycles. The van der Waals surface area contributed by atoms with Crippen molar-refractivity contribution in [3.05, 3.63) is 75.5 Å². The van der Waals surface area contributed by atoms with Crippen molar-refractivity contribution in [3.8, 4) is 17.2 Å². The lowest BCUT2D eigenvalue weighted by molar-refractivity contribution is -0.377. The van der Waals surface area contributed by atoms with Gasteiger partial charge in [0.05, 0.1) is 31.2 Å². The second-order valence-corrected chi connectivity index (χ2v) is 14.9. The number of aromatic amines is 1. The van der Waals surface area contributed by atoms with Crippen molar-refractivity contribution in [1.29, 1.82) is 0 Å². The largest absolute Gasteiger partial charge is 0.495 e. The quantitative estimate of drug-likeness (QED) is 0.151. The van der Waals surface area contributed by atoms with E-state index in [9.17, 15) is 22.0 Å². The van der Waals surface area contributed by atoms with Crippen LogP contribution in [0.25, 0.3) is 0 Å². The fourth-order valence-corrected chi connectivity index (χ4v) is 7.14. The van der Waals surface area contributed by atoms with Crippen LogP contribution in [0, 0.1) is 5.92 Å². The van der Waals surface area contributed by atoms with Gasteiger partial charge in [0.25, 0.3) is 0 Å². The summed E-state index contributed by atoms with van der Waals surface area (Å²) in [5.74, 6) is -0.260. The number of rotatable bonds is 16. The average Bonchev–Trinajstić information content (AvgIpc) is 3.90. The predicted molar refractivity (Wildman–Crippen MR) is 182 cm³/mol. The number of aromatic nitrogens is 1. The van der Waals surface area contributed by atoms with Gasteiger partial charge in [0.15, 0.2) is 23.9 Å². The van der Waals surface area contributed by atoms with E-state index < -0.39 is 28.7 Å². The molecule has 266 valence electrons. The number of pyridine rings is 1. The highest BCUT2D eigenvalue weighted by molar-refractivity contribution is 7.92. The first-order valence-electron chi connectivity index (χ1n) is 16.1. The molecule has 0 amide bonds. The lowest BCUT2D eigenvalue weighted by Gasteiger charge is -2.30. The average molecular weight is 744 g/mol. The number of hydrogen-bond donors (Lipinski definition) is 0. The van der Waals surface area contributed by atoms with E-state index >= 15 is 0 Å². The summed E-state index contributed by atoms with van der Waals surface area (Å²) in [7, 11) is -2.35. The van der Waals surface area contributed by atoms with Crippen LogP contribution in [0.5, 0.6) is 17.2 Å². The first-order chi connectivity index (χ1) is 23.4. The molecule has 3 aromatic rings. The molecule has 2 heterocycles. The molecule has 10 nitrogen and oxygen atoms in total. The van der Waals surface area contributed by atoms with E-state index in [0.717, 1.165) is 51.4 Å². The Labute approximate surface area is 295 Å². The molecule has 1 aliphatic heterocycles. The van der Waals surface area contributed by atoms with E-state index in [4.69, 9.17) is 42.1 Å². The van der Waals surface area contributed by atoms with Crippen molar-refractivity contribution < 1.29 is 45.9 Å². The minimum Gasteiger partial charge on any atom is -0.495 e. The topological polar surface area (TPSA) is 109 Å². The summed E-state index contributed by atoms with van der Waals surface area (Å²) in [5.41, 5.74) is 1.15. The number of halogens is 4. The summed E-state index contributed by atoms with van der Waals surface area (Å²) in [5, 5.41) is 0.585. The second-order valence-electron chi connectivity index (χ2n) is 12.2. The number of likely N-dealkylation sites (tertiary alicyclic amines) is 1. The van der Waals surface area contributed by atoms with Crippen LogP contribution < -0.4 is 23.5 Å². The fourth-order valence-electron chi connectivity index (χ4n) is 5.70. The minimum absolute atomic E-state index is 0.0174. The van der Waals surface area contributed by atoms with Gasteiger partial charge in [0.2, 0.25) is 10.0 Å². The summed E-state index contributed by atoms with van der Waals surface area (Å²) in [6.45, 7) is -0.300. The molecule has 1 saturated carbocycles. The number of nitrogens with one attached hydrogen (secondary N) is 1. The van der Waals surface area contributed by atoms with Crippen molar-refractivity contribution in [3.63, 3.8) is 0 Å². The second kappa shape index (κ2) is 16.5. The summed E-state index contributed by atoms with van der Waals surface area (Å²) < 4.78 is 76.0. The summed E-state index contributed by atoms with van der Waals surface area (Å²) in [6, 6.07) is 8.76. The SMILES string of the molecule is COc1ccc(C(=O)O[C@@H](Cc2c(Cl)c[nH+]cc2Cl)c2ccc(OC(F)F)c(OCC3CC3)c2)cc1N(CCN1CCCCC1)S(C)(=O)=O. The van der Waals surface area contributed by atoms with Crippen molar-refractivity contribution in [2.45, 2.75) is 51.2 Å². The van der Waals surface area contributed by atoms with Crippen LogP contribution in [0.4, 0.5) is 14.5 Å². The highest BCUT2D eigenvalue weighted by Crippen LogP contribution is 2.39. The monoisotopic (exact) mass is 742 g/mol. The standard InChI is InChI=1S/C34H39Cl2F2N3O7S/c1-45-29-10-9-24(16-28(29)41(49(2,43)44)15-14-40-12-4-3-5-13-40)33(42)47-31(18-25-26(35)19-39-20-27(25)36)23-8-11-30(48-34(37)38)32(17-23)46-21-22-6-7-22/h8-11,16-17,19-20,22,31,34H,3-7,12-15,18,21H2,1-2H3/p+1/t31-/m0/s1. The molecule has 5 rings (SSSR count). The molecule has 2 aliphatic rings. The minimum atomic E-state index is -3.77. The lowest BCUT2D eigenvalue weighted by atomic mass is 10.0. The van der Waals surface area contributed by atoms with Crippen molar-refractivity contribution >= 4 is 44.9 Å². The van der Waals surface area contributed by atoms with Crippen LogP contribution in [0.3, 0.4) is 0 Å². The normalized spacial score (nSPS) is 15.9. The van der Waals surface area contributed by atoms with Gasteiger partial charge < -0.3 is 23.8 Å². The third-order valence-corrected chi connectivity index (χ3v) is 10.4. The molecule has 0 unspecified atom stereocenters. The van der Waals surface area contributed by atoms with Gasteiger partial charge in [-0.05, 0) is 80.6 Å². The van der Waals surface area contributed by atoms with E-state index in [1.165, 1.54) is 60.2 Å². The Morgan fingerprint density at radius 3 is 2.35 bits per heavy atom. The number of benzene rings is 2. The maximum Gasteiger partial charge on any atom is 0.387 e. The van der Waals surface area contributed by atoms with E-state index in [1.54, 1.807) is 0 Å². The van der Waals surface area contributed by atoms with Crippen LogP contribution in [0.2, 0.25) is 10.0 Å². The molecule has 1 N–H and O–H groups in total. The Balaban J connectivity index is 1.47. The molecular weight excluding hydrogens is 703 g/mol. The Bertz CT molecular complexity index is 1700. The number of carbonyl (C=O) groups is 1. The van der Waals surface area contributed by atoms with E-state index in [2.05, 4.69) is 9.88 Å². The summed E-state index contributed by atoms with van der Waals surface area (Å²) in [4.78, 5) is 18.9. The van der Waals surface area contributed by atoms with Crippen LogP contribution in [-0.2, 0) is 21.2 Å². The lowest BCUT2D eigenvalue weighted by Crippen LogP contribution is -2.40. The zero-order valence-corrected chi connectivity index (χ0v) is 29.6. The van der Waals surface area contributed by atoms with Crippen molar-refractivity contribution in [1.82, 2.24) is 4.90 Å². The van der Waals surface area contributed by atoms with Crippen molar-refractivity contribution in [2.24, 2.45) is 5.92 Å². The first-order valence-corrected chi connectivity index (χ1v) is 18.7. The van der Waals surface area contributed by atoms with Gasteiger partial charge >= 0.3 is 12.6 Å². The molecule has 2 aromatic carbocycles. The van der Waals surface area contributed by atoms with E-state index in [-0.39, 0.29) is 41.5 Å². The molecule has 1 aromatic heterocycles. The Hall–Kier alpha value is -3.39. The summed E-state index contributed by atoms with van der Waals surface area (Å²) >= 11 is 12.9. The number of piperidine rings is 1. The number of methoxy groups -OCH3 is 1. The van der Waals surface area contributed by atoms with E-state index in [0.29, 0.717) is 40.2 Å². The van der Waals surface area contributed by atoms with Crippen molar-refractivity contribution in [2.75, 3.05) is 50.5 Å². The highest BCUT2D eigenvalue weighted by atomic mass is 35.5. The predicted octanol–water partition coefficient (Wildman–Crippen LogP) is 6.60. The third-order valence-electron chi connectivity index (χ3n) is 8.51. The van der Waals surface area contributed by atoms with Gasteiger partial charge in [0, 0.05) is 25.1 Å². The number of esters is 1. The van der Waals surface area contributed by atoms with Crippen LogP contribution >= 0.6 is 23.2 Å². The zero-order chi connectivity index (χ0) is 35.1. The smallest absolute Gasteiger partial charge is 0.387 e. The molecular formula is C34H40Cl2F2N3O7S+. The molecule has 1 aliphatic carbocycles. The number of hydrogen-bond acceptors (Lipinski definition) is 8. The third kappa shape index (κ3) is 10.1. The molecule has 1 atom stereocenters. The maximum atomic E-state index is 13.9. The molecule has 0 radical (unpaired) electrons. The Morgan fingerprint density at radius 1 is 1.02 bits per heavy atom. The Kier molecular flexibility index (Phi) is 12.5. The first kappa shape index (κ1) is 36.9. The number of carbonyl (C=O) groups excluding carboxylic acids is 1. The van der Waals surface area contributed by atoms with Gasteiger partial charge in [-0.1, -0.05) is 35.7 Å². The van der Waals surface area contributed by atoms with Gasteiger partial charge in [-0.2, -0.15) is 8.78 Å². The number of ether oxygens (including phenoxy) is 4. The van der Waals surface area contributed by atoms with Gasteiger partial charge in [0.1, 0.15) is 21.9 Å². The van der Waals surface area contributed by atoms with Crippen LogP contribution in [0.1, 0.15) is 59.7 Å². The number of nitrogens with zero attached hydrogens (tertiary/aromatic N) is 2. The number of alkyl halides is 2. The fraction of sp³-hybridized carbons (Fsp3) is 0.471. The zero-order valence-electron chi connectivity index (χ0n) is 27.3. The molecule has 15 heteroatoms. The molecule has 49 heavy (non-hydrogen) atoms. The summed E-state index contributed by atoms with van der Waals surface area (Å²) in [6.07, 6.45) is 8.38. The molecule has 0 bridgehead atoms. The van der Waals surface area contributed by atoms with Gasteiger partial charge in [-0.3, -0.25) is 4.31 Å². The molecule has 2 fully saturated rings. The Morgan fingerprint density at radius 2 is 1.71 bits per heavy atom. The highest BCUT2D eigenvalue weighted by Gasteiger charge is 2.28. The van der Waals surface area contributed by atoms with Crippen LogP contribution in [-0.4, -0.2) is 72.0 Å².